The van der Waals surface area contributed by atoms with Gasteiger partial charge in [0.15, 0.2) is 10.9 Å². The van der Waals surface area contributed by atoms with Crippen molar-refractivity contribution < 1.29 is 9.21 Å². The first-order valence-electron chi connectivity index (χ1n) is 9.43. The van der Waals surface area contributed by atoms with E-state index in [9.17, 15) is 4.79 Å². The summed E-state index contributed by atoms with van der Waals surface area (Å²) in [4.78, 5) is 15.7. The second-order valence-electron chi connectivity index (χ2n) is 6.81. The molecule has 146 valence electrons. The summed E-state index contributed by atoms with van der Waals surface area (Å²) in [6, 6.07) is 20.0. The van der Waals surface area contributed by atoms with Gasteiger partial charge in [0.1, 0.15) is 0 Å². The summed E-state index contributed by atoms with van der Waals surface area (Å²) in [6.45, 7) is 5.64. The van der Waals surface area contributed by atoms with E-state index in [1.165, 1.54) is 21.7 Å². The molecule has 2 aromatic carbocycles. The summed E-state index contributed by atoms with van der Waals surface area (Å²) < 4.78 is 5.75. The van der Waals surface area contributed by atoms with Gasteiger partial charge in [-0.3, -0.25) is 4.79 Å². The van der Waals surface area contributed by atoms with Crippen LogP contribution >= 0.6 is 11.8 Å². The van der Waals surface area contributed by atoms with E-state index in [0.717, 1.165) is 18.1 Å². The van der Waals surface area contributed by atoms with Crippen LogP contribution in [0.3, 0.4) is 0 Å². The molecule has 0 bridgehead atoms. The number of para-hydroxylation sites is 1. The summed E-state index contributed by atoms with van der Waals surface area (Å²) in [7, 11) is 2.06. The van der Waals surface area contributed by atoms with Gasteiger partial charge in [-0.15, -0.1) is 0 Å². The molecular weight excluding hydrogens is 368 g/mol. The van der Waals surface area contributed by atoms with Gasteiger partial charge >= 0.3 is 0 Å². The zero-order valence-electron chi connectivity index (χ0n) is 16.6. The van der Waals surface area contributed by atoms with Crippen LogP contribution < -0.4 is 10.2 Å². The molecule has 5 heteroatoms. The van der Waals surface area contributed by atoms with Crippen molar-refractivity contribution in [3.05, 3.63) is 77.6 Å². The SMILES string of the molecule is Cc1cccc(C)c1Sc1ccc(C(=O)NCCCN(C)c2ccccc2)o1. The smallest absolute Gasteiger partial charge is 0.287 e. The Balaban J connectivity index is 1.48. The number of carbonyl (C=O) groups excluding carboxylic acids is 1. The van der Waals surface area contributed by atoms with Gasteiger partial charge in [-0.25, -0.2) is 0 Å². The Labute approximate surface area is 170 Å². The summed E-state index contributed by atoms with van der Waals surface area (Å²) in [5.74, 6) is 0.181. The lowest BCUT2D eigenvalue weighted by atomic mass is 10.2. The Morgan fingerprint density at radius 2 is 1.71 bits per heavy atom. The first kappa shape index (κ1) is 20.1. The van der Waals surface area contributed by atoms with E-state index in [2.05, 4.69) is 55.4 Å². The quantitative estimate of drug-likeness (QED) is 0.526. The van der Waals surface area contributed by atoms with Crippen molar-refractivity contribution in [1.29, 1.82) is 0 Å². The van der Waals surface area contributed by atoms with E-state index in [-0.39, 0.29) is 5.91 Å². The number of anilines is 1. The highest BCUT2D eigenvalue weighted by molar-refractivity contribution is 7.99. The van der Waals surface area contributed by atoms with Gasteiger partial charge in [0, 0.05) is 30.7 Å². The molecule has 0 aliphatic rings. The molecule has 0 saturated carbocycles. The zero-order chi connectivity index (χ0) is 19.9. The van der Waals surface area contributed by atoms with Crippen molar-refractivity contribution in [1.82, 2.24) is 5.32 Å². The molecule has 0 unspecified atom stereocenters. The van der Waals surface area contributed by atoms with Gasteiger partial charge in [0.2, 0.25) is 0 Å². The van der Waals surface area contributed by atoms with Gasteiger partial charge in [-0.05, 0) is 55.7 Å². The van der Waals surface area contributed by atoms with Gasteiger partial charge in [-0.2, -0.15) is 0 Å². The standard InChI is InChI=1S/C23H26N2O2S/c1-17-9-7-10-18(2)22(17)28-21-14-13-20(27-21)23(26)24-15-8-16-25(3)19-11-5-4-6-12-19/h4-7,9-14H,8,15-16H2,1-3H3,(H,24,26). The third-order valence-corrected chi connectivity index (χ3v) is 5.84. The number of furan rings is 1. The monoisotopic (exact) mass is 394 g/mol. The van der Waals surface area contributed by atoms with Crippen molar-refractivity contribution in [2.45, 2.75) is 30.3 Å². The van der Waals surface area contributed by atoms with Crippen LogP contribution in [-0.2, 0) is 0 Å². The molecule has 0 atom stereocenters. The molecule has 1 N–H and O–H groups in total. The Bertz CT molecular complexity index is 901. The maximum atomic E-state index is 12.3. The van der Waals surface area contributed by atoms with E-state index >= 15 is 0 Å². The Morgan fingerprint density at radius 3 is 2.43 bits per heavy atom. The van der Waals surface area contributed by atoms with E-state index in [1.807, 2.05) is 30.3 Å². The maximum absolute atomic E-state index is 12.3. The predicted molar refractivity (Wildman–Crippen MR) is 115 cm³/mol. The summed E-state index contributed by atoms with van der Waals surface area (Å²) in [6.07, 6.45) is 0.863. The number of aryl methyl sites for hydroxylation is 2. The van der Waals surface area contributed by atoms with Crippen LogP contribution in [0.15, 0.2) is 75.1 Å². The van der Waals surface area contributed by atoms with Crippen LogP contribution in [0.1, 0.15) is 28.1 Å². The number of hydrogen-bond acceptors (Lipinski definition) is 4. The van der Waals surface area contributed by atoms with Crippen LogP contribution in [-0.4, -0.2) is 26.0 Å². The maximum Gasteiger partial charge on any atom is 0.287 e. The lowest BCUT2D eigenvalue weighted by molar-refractivity contribution is 0.0920. The van der Waals surface area contributed by atoms with Gasteiger partial charge < -0.3 is 14.6 Å². The number of hydrogen-bond donors (Lipinski definition) is 1. The number of nitrogens with one attached hydrogen (secondary N) is 1. The van der Waals surface area contributed by atoms with Crippen LogP contribution in [0.25, 0.3) is 0 Å². The normalized spacial score (nSPS) is 10.7. The minimum Gasteiger partial charge on any atom is -0.444 e. The largest absolute Gasteiger partial charge is 0.444 e. The first-order chi connectivity index (χ1) is 13.5. The zero-order valence-corrected chi connectivity index (χ0v) is 17.4. The Morgan fingerprint density at radius 1 is 1.00 bits per heavy atom. The lowest BCUT2D eigenvalue weighted by Gasteiger charge is -2.19. The number of benzene rings is 2. The molecule has 0 fully saturated rings. The fraction of sp³-hybridized carbons (Fsp3) is 0.261. The van der Waals surface area contributed by atoms with Crippen molar-refractivity contribution in [2.75, 3.05) is 25.0 Å². The lowest BCUT2D eigenvalue weighted by Crippen LogP contribution is -2.27. The average molecular weight is 395 g/mol. The van der Waals surface area contributed by atoms with Crippen LogP contribution in [0, 0.1) is 13.8 Å². The fourth-order valence-corrected chi connectivity index (χ4v) is 3.90. The second-order valence-corrected chi connectivity index (χ2v) is 7.82. The highest BCUT2D eigenvalue weighted by Crippen LogP contribution is 2.33. The van der Waals surface area contributed by atoms with Crippen molar-refractivity contribution in [3.63, 3.8) is 0 Å². The number of nitrogens with zero attached hydrogens (tertiary/aromatic N) is 1. The van der Waals surface area contributed by atoms with E-state index in [4.69, 9.17) is 4.42 Å². The molecule has 0 aliphatic carbocycles. The molecule has 1 heterocycles. The molecule has 3 rings (SSSR count). The van der Waals surface area contributed by atoms with Crippen LogP contribution in [0.5, 0.6) is 0 Å². The van der Waals surface area contributed by atoms with Crippen LogP contribution in [0.2, 0.25) is 0 Å². The summed E-state index contributed by atoms with van der Waals surface area (Å²) in [5, 5.41) is 3.67. The molecule has 0 saturated heterocycles. The molecule has 4 nitrogen and oxygen atoms in total. The molecule has 28 heavy (non-hydrogen) atoms. The Hall–Kier alpha value is -2.66. The van der Waals surface area contributed by atoms with Crippen LogP contribution in [0.4, 0.5) is 5.69 Å². The molecule has 1 aromatic heterocycles. The summed E-state index contributed by atoms with van der Waals surface area (Å²) in [5.41, 5.74) is 3.58. The molecule has 0 spiro atoms. The molecule has 0 radical (unpaired) electrons. The van der Waals surface area contributed by atoms with E-state index in [1.54, 1.807) is 17.8 Å². The minimum absolute atomic E-state index is 0.171. The number of rotatable bonds is 8. The average Bonchev–Trinajstić information content (AvgIpc) is 3.17. The highest BCUT2D eigenvalue weighted by Gasteiger charge is 2.13. The van der Waals surface area contributed by atoms with Gasteiger partial charge in [0.05, 0.1) is 0 Å². The van der Waals surface area contributed by atoms with Crippen molar-refractivity contribution in [2.24, 2.45) is 0 Å². The second kappa shape index (κ2) is 9.51. The third-order valence-electron chi connectivity index (χ3n) is 4.57. The van der Waals surface area contributed by atoms with E-state index < -0.39 is 0 Å². The third kappa shape index (κ3) is 5.20. The number of amides is 1. The topological polar surface area (TPSA) is 45.5 Å². The molecule has 0 aliphatic heterocycles. The predicted octanol–water partition coefficient (Wildman–Crippen LogP) is 5.30. The highest BCUT2D eigenvalue weighted by atomic mass is 32.2. The van der Waals surface area contributed by atoms with E-state index in [0.29, 0.717) is 12.3 Å². The number of carbonyl (C=O) groups is 1. The van der Waals surface area contributed by atoms with Crippen molar-refractivity contribution in [3.8, 4) is 0 Å². The first-order valence-corrected chi connectivity index (χ1v) is 10.2. The molecular formula is C23H26N2O2S. The minimum atomic E-state index is -0.171. The summed E-state index contributed by atoms with van der Waals surface area (Å²) >= 11 is 1.56. The van der Waals surface area contributed by atoms with Gasteiger partial charge in [0.25, 0.3) is 5.91 Å². The Kier molecular flexibility index (Phi) is 6.82. The van der Waals surface area contributed by atoms with Crippen molar-refractivity contribution >= 4 is 23.4 Å². The fourth-order valence-electron chi connectivity index (χ4n) is 2.97. The molecule has 1 amide bonds. The molecule has 3 aromatic rings. The van der Waals surface area contributed by atoms with Gasteiger partial charge in [-0.1, -0.05) is 48.2 Å².